The number of hydrogen-bond donors (Lipinski definition) is 3. The average molecular weight is 310 g/mol. The van der Waals surface area contributed by atoms with Crippen molar-refractivity contribution in [2.24, 2.45) is 0 Å². The fourth-order valence-electron chi connectivity index (χ4n) is 1.98. The van der Waals surface area contributed by atoms with Gasteiger partial charge < -0.3 is 15.5 Å². The lowest BCUT2D eigenvalue weighted by Gasteiger charge is -2.10. The molecule has 0 radical (unpaired) electrons. The van der Waals surface area contributed by atoms with E-state index in [0.29, 0.717) is 11.3 Å². The van der Waals surface area contributed by atoms with Gasteiger partial charge in [-0.25, -0.2) is 9.59 Å². The summed E-state index contributed by atoms with van der Waals surface area (Å²) < 4.78 is 0. The zero-order valence-corrected chi connectivity index (χ0v) is 11.6. The van der Waals surface area contributed by atoms with Crippen molar-refractivity contribution in [2.75, 3.05) is 5.32 Å². The smallest absolute Gasteiger partial charge is 0.336 e. The number of nitriles is 1. The first-order valence-corrected chi connectivity index (χ1v) is 6.35. The Hall–Kier alpha value is -3.66. The van der Waals surface area contributed by atoms with Gasteiger partial charge in [-0.1, -0.05) is 6.07 Å². The van der Waals surface area contributed by atoms with Crippen molar-refractivity contribution in [3.63, 3.8) is 0 Å². The van der Waals surface area contributed by atoms with Crippen molar-refractivity contribution in [1.82, 2.24) is 0 Å². The highest BCUT2D eigenvalue weighted by Crippen LogP contribution is 2.18. The lowest BCUT2D eigenvalue weighted by atomic mass is 10.00. The van der Waals surface area contributed by atoms with Crippen molar-refractivity contribution < 1.29 is 24.6 Å². The van der Waals surface area contributed by atoms with Crippen molar-refractivity contribution in [2.45, 2.75) is 0 Å². The first-order valence-electron chi connectivity index (χ1n) is 6.35. The first kappa shape index (κ1) is 15.7. The fraction of sp³-hybridized carbons (Fsp3) is 0. The molecule has 1 amide bonds. The number of carbonyl (C=O) groups excluding carboxylic acids is 1. The summed E-state index contributed by atoms with van der Waals surface area (Å²) in [7, 11) is 0. The molecule has 0 saturated heterocycles. The predicted molar refractivity (Wildman–Crippen MR) is 79.5 cm³/mol. The molecule has 2 rings (SSSR count). The van der Waals surface area contributed by atoms with Crippen molar-refractivity contribution in [1.29, 1.82) is 5.26 Å². The molecule has 0 unspecified atom stereocenters. The van der Waals surface area contributed by atoms with Gasteiger partial charge in [0.2, 0.25) is 0 Å². The summed E-state index contributed by atoms with van der Waals surface area (Å²) in [5, 5.41) is 29.4. The Bertz CT molecular complexity index is 802. The zero-order chi connectivity index (χ0) is 17.0. The van der Waals surface area contributed by atoms with E-state index in [1.165, 1.54) is 30.3 Å². The lowest BCUT2D eigenvalue weighted by Crippen LogP contribution is -2.20. The normalized spacial score (nSPS) is 9.70. The summed E-state index contributed by atoms with van der Waals surface area (Å²) in [5.41, 5.74) is -0.547. The summed E-state index contributed by atoms with van der Waals surface area (Å²) in [5.74, 6) is -3.67. The minimum absolute atomic E-state index is 0.311. The molecule has 0 bridgehead atoms. The van der Waals surface area contributed by atoms with Crippen LogP contribution in [0.3, 0.4) is 0 Å². The number of nitrogens with zero attached hydrogens (tertiary/aromatic N) is 1. The second kappa shape index (κ2) is 6.41. The van der Waals surface area contributed by atoms with Crippen LogP contribution < -0.4 is 5.32 Å². The van der Waals surface area contributed by atoms with E-state index in [1.807, 2.05) is 6.07 Å². The maximum atomic E-state index is 12.3. The molecule has 7 heteroatoms. The Balaban J connectivity index is 2.43. The third kappa shape index (κ3) is 3.33. The molecular formula is C16H10N2O5. The third-order valence-corrected chi connectivity index (χ3v) is 3.02. The number of anilines is 1. The van der Waals surface area contributed by atoms with Crippen LogP contribution in [0.2, 0.25) is 0 Å². The molecule has 0 spiro atoms. The Morgan fingerprint density at radius 2 is 1.43 bits per heavy atom. The molecule has 0 aliphatic rings. The summed E-state index contributed by atoms with van der Waals surface area (Å²) in [6.07, 6.45) is 0. The molecule has 0 aromatic heterocycles. The number of amides is 1. The average Bonchev–Trinajstić information content (AvgIpc) is 2.54. The van der Waals surface area contributed by atoms with Gasteiger partial charge in [-0.15, -0.1) is 0 Å². The van der Waals surface area contributed by atoms with Crippen LogP contribution in [0.15, 0.2) is 42.5 Å². The summed E-state index contributed by atoms with van der Waals surface area (Å²) in [4.78, 5) is 34.8. The highest BCUT2D eigenvalue weighted by atomic mass is 16.4. The summed E-state index contributed by atoms with van der Waals surface area (Å²) in [6.45, 7) is 0. The van der Waals surface area contributed by atoms with E-state index in [2.05, 4.69) is 5.32 Å². The molecule has 2 aromatic rings. The molecule has 3 N–H and O–H groups in total. The van der Waals surface area contributed by atoms with Crippen LogP contribution >= 0.6 is 0 Å². The Morgan fingerprint density at radius 1 is 0.913 bits per heavy atom. The van der Waals surface area contributed by atoms with Gasteiger partial charge in [0.15, 0.2) is 0 Å². The summed E-state index contributed by atoms with van der Waals surface area (Å²) >= 11 is 0. The van der Waals surface area contributed by atoms with Crippen LogP contribution in [0.25, 0.3) is 0 Å². The third-order valence-electron chi connectivity index (χ3n) is 3.02. The minimum atomic E-state index is -1.40. The molecule has 0 aliphatic heterocycles. The SMILES string of the molecule is N#Cc1ccc(NC(=O)c2c(C(=O)O)cccc2C(=O)O)cc1. The molecule has 0 fully saturated rings. The maximum absolute atomic E-state index is 12.3. The van der Waals surface area contributed by atoms with Crippen LogP contribution in [0.1, 0.15) is 36.6 Å². The number of nitrogens with one attached hydrogen (secondary N) is 1. The molecular weight excluding hydrogens is 300 g/mol. The van der Waals surface area contributed by atoms with Gasteiger partial charge in [0, 0.05) is 5.69 Å². The van der Waals surface area contributed by atoms with Crippen LogP contribution in [0.5, 0.6) is 0 Å². The standard InChI is InChI=1S/C16H10N2O5/c17-8-9-4-6-10(7-5-9)18-14(19)13-11(15(20)21)2-1-3-12(13)16(22)23/h1-7H,(H,18,19)(H,20,21)(H,22,23). The van der Waals surface area contributed by atoms with Gasteiger partial charge in [0.05, 0.1) is 28.3 Å². The molecule has 0 heterocycles. The second-order valence-electron chi connectivity index (χ2n) is 4.48. The molecule has 7 nitrogen and oxygen atoms in total. The molecule has 114 valence electrons. The van der Waals surface area contributed by atoms with E-state index in [1.54, 1.807) is 0 Å². The van der Waals surface area contributed by atoms with Crippen LogP contribution in [0.4, 0.5) is 5.69 Å². The van der Waals surface area contributed by atoms with E-state index in [0.717, 1.165) is 12.1 Å². The fourth-order valence-corrected chi connectivity index (χ4v) is 1.98. The number of carboxylic acids is 2. The number of carboxylic acid groups (broad SMARTS) is 2. The number of carbonyl (C=O) groups is 3. The molecule has 0 atom stereocenters. The monoisotopic (exact) mass is 310 g/mol. The highest BCUT2D eigenvalue weighted by Gasteiger charge is 2.23. The van der Waals surface area contributed by atoms with E-state index in [-0.39, 0.29) is 0 Å². The molecule has 0 aliphatic carbocycles. The Labute approximate surface area is 130 Å². The second-order valence-corrected chi connectivity index (χ2v) is 4.48. The van der Waals surface area contributed by atoms with Gasteiger partial charge in [0.25, 0.3) is 5.91 Å². The zero-order valence-electron chi connectivity index (χ0n) is 11.6. The van der Waals surface area contributed by atoms with Crippen molar-refractivity contribution >= 4 is 23.5 Å². The van der Waals surface area contributed by atoms with E-state index < -0.39 is 34.5 Å². The molecule has 0 saturated carbocycles. The minimum Gasteiger partial charge on any atom is -0.478 e. The number of hydrogen-bond acceptors (Lipinski definition) is 4. The van der Waals surface area contributed by atoms with E-state index in [9.17, 15) is 14.4 Å². The van der Waals surface area contributed by atoms with E-state index >= 15 is 0 Å². The topological polar surface area (TPSA) is 127 Å². The van der Waals surface area contributed by atoms with Gasteiger partial charge in [0.1, 0.15) is 0 Å². The predicted octanol–water partition coefficient (Wildman–Crippen LogP) is 2.21. The van der Waals surface area contributed by atoms with Crippen LogP contribution in [-0.4, -0.2) is 28.1 Å². The van der Waals surface area contributed by atoms with E-state index in [4.69, 9.17) is 15.5 Å². The number of aromatic carboxylic acids is 2. The maximum Gasteiger partial charge on any atom is 0.336 e. The highest BCUT2D eigenvalue weighted by molar-refractivity contribution is 6.15. The van der Waals surface area contributed by atoms with Crippen LogP contribution in [-0.2, 0) is 0 Å². The Morgan fingerprint density at radius 3 is 1.87 bits per heavy atom. The van der Waals surface area contributed by atoms with Crippen molar-refractivity contribution in [3.05, 3.63) is 64.7 Å². The van der Waals surface area contributed by atoms with Gasteiger partial charge in [-0.05, 0) is 36.4 Å². The van der Waals surface area contributed by atoms with Gasteiger partial charge in [-0.2, -0.15) is 5.26 Å². The lowest BCUT2D eigenvalue weighted by molar-refractivity contribution is 0.0689. The van der Waals surface area contributed by atoms with Crippen LogP contribution in [0, 0.1) is 11.3 Å². The summed E-state index contributed by atoms with van der Waals surface area (Å²) in [6, 6.07) is 11.3. The largest absolute Gasteiger partial charge is 0.478 e. The Kier molecular flexibility index (Phi) is 4.38. The first-order chi connectivity index (χ1) is 10.9. The number of rotatable bonds is 4. The number of benzene rings is 2. The van der Waals surface area contributed by atoms with Crippen molar-refractivity contribution in [3.8, 4) is 6.07 Å². The molecule has 2 aromatic carbocycles. The van der Waals surface area contributed by atoms with Gasteiger partial charge >= 0.3 is 11.9 Å². The quantitative estimate of drug-likeness (QED) is 0.794. The molecule has 23 heavy (non-hydrogen) atoms. The van der Waals surface area contributed by atoms with Gasteiger partial charge in [-0.3, -0.25) is 4.79 Å².